The van der Waals surface area contributed by atoms with E-state index < -0.39 is 0 Å². The van der Waals surface area contributed by atoms with Gasteiger partial charge in [0.25, 0.3) is 0 Å². The summed E-state index contributed by atoms with van der Waals surface area (Å²) in [6, 6.07) is 8.16. The number of fused-ring (bicyclic) bond motifs is 1. The molecule has 2 aromatic rings. The quantitative estimate of drug-likeness (QED) is 0.833. The predicted molar refractivity (Wildman–Crippen MR) is 74.8 cm³/mol. The fourth-order valence-electron chi connectivity index (χ4n) is 2.37. The minimum absolute atomic E-state index is 0.227. The summed E-state index contributed by atoms with van der Waals surface area (Å²) in [4.78, 5) is 16.1. The molecule has 1 fully saturated rings. The van der Waals surface area contributed by atoms with Crippen LogP contribution in [-0.2, 0) is 18.3 Å². The van der Waals surface area contributed by atoms with Crippen LogP contribution in [0.4, 0.5) is 0 Å². The van der Waals surface area contributed by atoms with Gasteiger partial charge in [0.05, 0.1) is 11.0 Å². The van der Waals surface area contributed by atoms with E-state index in [1.54, 1.807) is 0 Å². The number of aromatic nitrogens is 2. The Morgan fingerprint density at radius 3 is 2.95 bits per heavy atom. The lowest BCUT2D eigenvalue weighted by Crippen LogP contribution is -2.26. The van der Waals surface area contributed by atoms with Crippen molar-refractivity contribution in [2.75, 3.05) is 6.54 Å². The Kier molecular flexibility index (Phi) is 3.23. The van der Waals surface area contributed by atoms with E-state index in [4.69, 9.17) is 0 Å². The highest BCUT2D eigenvalue weighted by molar-refractivity contribution is 5.80. The number of rotatable bonds is 5. The second-order valence-corrected chi connectivity index (χ2v) is 5.24. The van der Waals surface area contributed by atoms with Crippen molar-refractivity contribution in [2.24, 2.45) is 13.0 Å². The maximum absolute atomic E-state index is 11.5. The molecule has 4 nitrogen and oxygen atoms in total. The standard InChI is InChI=1S/C15H19N3O/c1-18-13-6-3-2-5-12(13)17-14(18)7-4-10-16-15(19)11-8-9-11/h2-3,5-6,11H,4,7-10H2,1H3,(H,16,19). The molecule has 1 aliphatic carbocycles. The summed E-state index contributed by atoms with van der Waals surface area (Å²) in [7, 11) is 2.05. The van der Waals surface area contributed by atoms with Crippen LogP contribution in [-0.4, -0.2) is 22.0 Å². The molecule has 0 bridgehead atoms. The minimum atomic E-state index is 0.227. The highest BCUT2D eigenvalue weighted by Gasteiger charge is 2.28. The molecule has 1 aromatic heterocycles. The summed E-state index contributed by atoms with van der Waals surface area (Å²) < 4.78 is 2.14. The Hall–Kier alpha value is -1.84. The van der Waals surface area contributed by atoms with Gasteiger partial charge in [0.2, 0.25) is 5.91 Å². The van der Waals surface area contributed by atoms with Crippen molar-refractivity contribution in [3.8, 4) is 0 Å². The second-order valence-electron chi connectivity index (χ2n) is 5.24. The molecule has 0 saturated heterocycles. The van der Waals surface area contributed by atoms with E-state index in [1.165, 1.54) is 5.52 Å². The summed E-state index contributed by atoms with van der Waals surface area (Å²) in [6.07, 6.45) is 3.97. The maximum atomic E-state index is 11.5. The number of imidazole rings is 1. The first-order valence-electron chi connectivity index (χ1n) is 6.94. The van der Waals surface area contributed by atoms with Crippen LogP contribution >= 0.6 is 0 Å². The predicted octanol–water partition coefficient (Wildman–Crippen LogP) is 2.03. The number of nitrogens with one attached hydrogen (secondary N) is 1. The Morgan fingerprint density at radius 2 is 2.21 bits per heavy atom. The molecule has 0 atom stereocenters. The van der Waals surface area contributed by atoms with Crippen molar-refractivity contribution in [2.45, 2.75) is 25.7 Å². The molecule has 4 heteroatoms. The number of hydrogen-bond acceptors (Lipinski definition) is 2. The average molecular weight is 257 g/mol. The van der Waals surface area contributed by atoms with E-state index in [0.717, 1.165) is 43.6 Å². The topological polar surface area (TPSA) is 46.9 Å². The highest BCUT2D eigenvalue weighted by atomic mass is 16.2. The Labute approximate surface area is 112 Å². The van der Waals surface area contributed by atoms with Crippen molar-refractivity contribution in [1.82, 2.24) is 14.9 Å². The summed E-state index contributed by atoms with van der Waals surface area (Å²) in [6.45, 7) is 0.749. The molecule has 1 heterocycles. The fraction of sp³-hybridized carbons (Fsp3) is 0.467. The third-order valence-corrected chi connectivity index (χ3v) is 3.70. The van der Waals surface area contributed by atoms with E-state index in [9.17, 15) is 4.79 Å². The molecule has 0 aliphatic heterocycles. The van der Waals surface area contributed by atoms with Gasteiger partial charge in [-0.1, -0.05) is 12.1 Å². The number of amides is 1. The van der Waals surface area contributed by atoms with Gasteiger partial charge < -0.3 is 9.88 Å². The number of nitrogens with zero attached hydrogens (tertiary/aromatic N) is 2. The van der Waals surface area contributed by atoms with Crippen LogP contribution in [0.25, 0.3) is 11.0 Å². The van der Waals surface area contributed by atoms with Crippen molar-refractivity contribution < 1.29 is 4.79 Å². The number of hydrogen-bond donors (Lipinski definition) is 1. The molecule has 19 heavy (non-hydrogen) atoms. The molecule has 1 amide bonds. The molecular formula is C15H19N3O. The van der Waals surface area contributed by atoms with E-state index in [2.05, 4.69) is 20.9 Å². The fourth-order valence-corrected chi connectivity index (χ4v) is 2.37. The number of para-hydroxylation sites is 2. The normalized spacial score (nSPS) is 14.8. The lowest BCUT2D eigenvalue weighted by molar-refractivity contribution is -0.122. The SMILES string of the molecule is Cn1c(CCCNC(=O)C2CC2)nc2ccccc21. The van der Waals surface area contributed by atoms with E-state index in [0.29, 0.717) is 5.92 Å². The monoisotopic (exact) mass is 257 g/mol. The first-order chi connectivity index (χ1) is 9.25. The second kappa shape index (κ2) is 5.03. The number of carbonyl (C=O) groups is 1. The molecular weight excluding hydrogens is 238 g/mol. The third-order valence-electron chi connectivity index (χ3n) is 3.70. The molecule has 1 aromatic carbocycles. The van der Waals surface area contributed by atoms with Gasteiger partial charge in [-0.15, -0.1) is 0 Å². The van der Waals surface area contributed by atoms with E-state index in [1.807, 2.05) is 25.2 Å². The Morgan fingerprint density at radius 1 is 1.42 bits per heavy atom. The summed E-state index contributed by atoms with van der Waals surface area (Å²) in [5, 5.41) is 2.99. The number of benzene rings is 1. The van der Waals surface area contributed by atoms with Crippen LogP contribution in [0.2, 0.25) is 0 Å². The molecule has 100 valence electrons. The minimum Gasteiger partial charge on any atom is -0.356 e. The Bertz CT molecular complexity index is 598. The van der Waals surface area contributed by atoms with Crippen LogP contribution in [0.15, 0.2) is 24.3 Å². The molecule has 0 radical (unpaired) electrons. The van der Waals surface area contributed by atoms with Crippen molar-refractivity contribution >= 4 is 16.9 Å². The highest BCUT2D eigenvalue weighted by Crippen LogP contribution is 2.28. The van der Waals surface area contributed by atoms with Gasteiger partial charge in [-0.3, -0.25) is 4.79 Å². The first kappa shape index (κ1) is 12.2. The molecule has 3 rings (SSSR count). The zero-order chi connectivity index (χ0) is 13.2. The van der Waals surface area contributed by atoms with Gasteiger partial charge in [0.1, 0.15) is 5.82 Å². The van der Waals surface area contributed by atoms with Gasteiger partial charge in [-0.05, 0) is 31.4 Å². The third kappa shape index (κ3) is 2.62. The molecule has 1 aliphatic rings. The average Bonchev–Trinajstić information content (AvgIpc) is 3.22. The van der Waals surface area contributed by atoms with Gasteiger partial charge in [0, 0.05) is 25.9 Å². The van der Waals surface area contributed by atoms with E-state index >= 15 is 0 Å². The summed E-state index contributed by atoms with van der Waals surface area (Å²) >= 11 is 0. The number of aryl methyl sites for hydroxylation is 2. The van der Waals surface area contributed by atoms with Crippen molar-refractivity contribution in [3.05, 3.63) is 30.1 Å². The van der Waals surface area contributed by atoms with Crippen LogP contribution in [0.5, 0.6) is 0 Å². The smallest absolute Gasteiger partial charge is 0.223 e. The van der Waals surface area contributed by atoms with E-state index in [-0.39, 0.29) is 5.91 Å². The molecule has 0 unspecified atom stereocenters. The van der Waals surface area contributed by atoms with Crippen LogP contribution in [0, 0.1) is 5.92 Å². The number of carbonyl (C=O) groups excluding carboxylic acids is 1. The van der Waals surface area contributed by atoms with Crippen LogP contribution in [0.3, 0.4) is 0 Å². The Balaban J connectivity index is 1.56. The zero-order valence-electron chi connectivity index (χ0n) is 11.2. The van der Waals surface area contributed by atoms with Gasteiger partial charge >= 0.3 is 0 Å². The van der Waals surface area contributed by atoms with Crippen LogP contribution in [0.1, 0.15) is 25.1 Å². The summed E-state index contributed by atoms with van der Waals surface area (Å²) in [5.74, 6) is 1.61. The first-order valence-corrected chi connectivity index (χ1v) is 6.94. The maximum Gasteiger partial charge on any atom is 0.223 e. The lowest BCUT2D eigenvalue weighted by atomic mass is 10.3. The van der Waals surface area contributed by atoms with Crippen LogP contribution < -0.4 is 5.32 Å². The molecule has 1 N–H and O–H groups in total. The van der Waals surface area contributed by atoms with Crippen molar-refractivity contribution in [1.29, 1.82) is 0 Å². The lowest BCUT2D eigenvalue weighted by Gasteiger charge is -2.04. The zero-order valence-corrected chi connectivity index (χ0v) is 11.2. The van der Waals surface area contributed by atoms with Crippen molar-refractivity contribution in [3.63, 3.8) is 0 Å². The molecule has 0 spiro atoms. The van der Waals surface area contributed by atoms with Gasteiger partial charge in [0.15, 0.2) is 0 Å². The molecule has 1 saturated carbocycles. The summed E-state index contributed by atoms with van der Waals surface area (Å²) in [5.41, 5.74) is 2.21. The van der Waals surface area contributed by atoms with Gasteiger partial charge in [-0.2, -0.15) is 0 Å². The largest absolute Gasteiger partial charge is 0.356 e. The van der Waals surface area contributed by atoms with Gasteiger partial charge in [-0.25, -0.2) is 4.98 Å².